The molecular weight excluding hydrogens is 211 g/mol. The van der Waals surface area contributed by atoms with Crippen molar-refractivity contribution in [2.24, 2.45) is 5.92 Å². The fourth-order valence-corrected chi connectivity index (χ4v) is 1.38. The highest BCUT2D eigenvalue weighted by molar-refractivity contribution is 5.84. The van der Waals surface area contributed by atoms with Crippen LogP contribution in [0.25, 0.3) is 0 Å². The zero-order valence-corrected chi connectivity index (χ0v) is 8.61. The monoisotopic (exact) mass is 222 g/mol. The molecule has 16 heavy (non-hydrogen) atoms. The third-order valence-electron chi connectivity index (χ3n) is 2.49. The fourth-order valence-electron chi connectivity index (χ4n) is 1.38. The summed E-state index contributed by atoms with van der Waals surface area (Å²) >= 11 is 0. The van der Waals surface area contributed by atoms with Gasteiger partial charge in [-0.25, -0.2) is 4.39 Å². The maximum Gasteiger partial charge on any atom is 0.173 e. The summed E-state index contributed by atoms with van der Waals surface area (Å²) in [5.41, 5.74) is 0.248. The van der Waals surface area contributed by atoms with Crippen LogP contribution in [0.5, 0.6) is 5.75 Å². The van der Waals surface area contributed by atoms with Gasteiger partial charge in [0.25, 0.3) is 0 Å². The molecule has 1 aliphatic carbocycles. The summed E-state index contributed by atoms with van der Waals surface area (Å²) in [5.74, 6) is -0.482. The number of aldehydes is 1. The molecule has 1 saturated carbocycles. The molecule has 4 heteroatoms. The predicted octanol–water partition coefficient (Wildman–Crippen LogP) is 2.00. The van der Waals surface area contributed by atoms with Gasteiger partial charge in [-0.15, -0.1) is 0 Å². The third-order valence-corrected chi connectivity index (χ3v) is 2.49. The van der Waals surface area contributed by atoms with Crippen LogP contribution in [-0.2, 0) is 4.79 Å². The van der Waals surface area contributed by atoms with Gasteiger partial charge in [0.2, 0.25) is 0 Å². The Morgan fingerprint density at radius 2 is 2.25 bits per heavy atom. The number of Topliss-reactive ketones (excluding diaryl/α,β-unsaturated/α-hetero) is 1. The molecule has 1 aliphatic rings. The van der Waals surface area contributed by atoms with Crippen LogP contribution in [0.4, 0.5) is 4.39 Å². The van der Waals surface area contributed by atoms with E-state index in [9.17, 15) is 14.0 Å². The van der Waals surface area contributed by atoms with Crippen molar-refractivity contribution < 1.29 is 18.7 Å². The summed E-state index contributed by atoms with van der Waals surface area (Å²) in [7, 11) is 0. The molecule has 0 saturated heterocycles. The summed E-state index contributed by atoms with van der Waals surface area (Å²) in [6, 6.07) is 3.90. The second-order valence-corrected chi connectivity index (χ2v) is 3.84. The molecule has 84 valence electrons. The molecule has 0 aromatic heterocycles. The van der Waals surface area contributed by atoms with E-state index < -0.39 is 5.82 Å². The smallest absolute Gasteiger partial charge is 0.173 e. The molecule has 2 rings (SSSR count). The van der Waals surface area contributed by atoms with Gasteiger partial charge in [-0.1, -0.05) is 0 Å². The van der Waals surface area contributed by atoms with Crippen molar-refractivity contribution in [3.05, 3.63) is 29.6 Å². The SMILES string of the molecule is O=Cc1ccc(OCC(=O)C2CC2)c(F)c1. The molecular formula is C12H11FO3. The van der Waals surface area contributed by atoms with Crippen LogP contribution < -0.4 is 4.74 Å². The molecule has 0 heterocycles. The van der Waals surface area contributed by atoms with E-state index in [-0.39, 0.29) is 29.6 Å². The first-order chi connectivity index (χ1) is 7.70. The third kappa shape index (κ3) is 2.45. The highest BCUT2D eigenvalue weighted by atomic mass is 19.1. The Morgan fingerprint density at radius 1 is 1.50 bits per heavy atom. The predicted molar refractivity (Wildman–Crippen MR) is 55.0 cm³/mol. The van der Waals surface area contributed by atoms with Gasteiger partial charge in [0.15, 0.2) is 17.3 Å². The number of carbonyl (C=O) groups excluding carboxylic acids is 2. The minimum Gasteiger partial charge on any atom is -0.483 e. The molecule has 0 bridgehead atoms. The minimum atomic E-state index is -0.617. The first kappa shape index (κ1) is 10.8. The highest BCUT2D eigenvalue weighted by Gasteiger charge is 2.29. The van der Waals surface area contributed by atoms with Crippen molar-refractivity contribution in [3.63, 3.8) is 0 Å². The van der Waals surface area contributed by atoms with Crippen LogP contribution in [-0.4, -0.2) is 18.7 Å². The van der Waals surface area contributed by atoms with Crippen molar-refractivity contribution in [2.45, 2.75) is 12.8 Å². The van der Waals surface area contributed by atoms with Crippen molar-refractivity contribution in [2.75, 3.05) is 6.61 Å². The maximum atomic E-state index is 13.3. The van der Waals surface area contributed by atoms with E-state index in [1.807, 2.05) is 0 Å². The number of rotatable bonds is 5. The van der Waals surface area contributed by atoms with Gasteiger partial charge < -0.3 is 4.74 Å². The molecule has 0 atom stereocenters. The van der Waals surface area contributed by atoms with Crippen molar-refractivity contribution >= 4 is 12.1 Å². The van der Waals surface area contributed by atoms with E-state index in [4.69, 9.17) is 4.74 Å². The average molecular weight is 222 g/mol. The van der Waals surface area contributed by atoms with Gasteiger partial charge in [0.1, 0.15) is 12.9 Å². The Hall–Kier alpha value is -1.71. The average Bonchev–Trinajstić information content (AvgIpc) is 3.10. The van der Waals surface area contributed by atoms with Crippen LogP contribution in [0.1, 0.15) is 23.2 Å². The van der Waals surface area contributed by atoms with Gasteiger partial charge in [0.05, 0.1) is 0 Å². The van der Waals surface area contributed by atoms with E-state index >= 15 is 0 Å². The van der Waals surface area contributed by atoms with Crippen LogP contribution in [0.15, 0.2) is 18.2 Å². The molecule has 0 radical (unpaired) electrons. The highest BCUT2D eigenvalue weighted by Crippen LogP contribution is 2.30. The second kappa shape index (κ2) is 4.43. The number of ether oxygens (including phenoxy) is 1. The van der Waals surface area contributed by atoms with E-state index in [1.165, 1.54) is 12.1 Å². The largest absolute Gasteiger partial charge is 0.483 e. The number of hydrogen-bond acceptors (Lipinski definition) is 3. The van der Waals surface area contributed by atoms with Gasteiger partial charge in [-0.3, -0.25) is 9.59 Å². The molecule has 3 nitrogen and oxygen atoms in total. The second-order valence-electron chi connectivity index (χ2n) is 3.84. The Bertz CT molecular complexity index is 424. The van der Waals surface area contributed by atoms with Gasteiger partial charge in [-0.2, -0.15) is 0 Å². The zero-order valence-electron chi connectivity index (χ0n) is 8.61. The number of benzene rings is 1. The van der Waals surface area contributed by atoms with Crippen LogP contribution in [0.2, 0.25) is 0 Å². The lowest BCUT2D eigenvalue weighted by Crippen LogP contribution is -2.13. The fraction of sp³-hybridized carbons (Fsp3) is 0.333. The summed E-state index contributed by atoms with van der Waals surface area (Å²) in [4.78, 5) is 21.7. The zero-order chi connectivity index (χ0) is 11.5. The summed E-state index contributed by atoms with van der Waals surface area (Å²) in [6.45, 7) is -0.0952. The summed E-state index contributed by atoms with van der Waals surface area (Å²) in [6.07, 6.45) is 2.38. The topological polar surface area (TPSA) is 43.4 Å². The van der Waals surface area contributed by atoms with Crippen LogP contribution in [0.3, 0.4) is 0 Å². The van der Waals surface area contributed by atoms with Gasteiger partial charge >= 0.3 is 0 Å². The maximum absolute atomic E-state index is 13.3. The number of ketones is 1. The first-order valence-corrected chi connectivity index (χ1v) is 5.11. The Morgan fingerprint density at radius 3 is 2.81 bits per heavy atom. The van der Waals surface area contributed by atoms with E-state index in [0.717, 1.165) is 18.9 Å². The lowest BCUT2D eigenvalue weighted by molar-refractivity contribution is -0.122. The van der Waals surface area contributed by atoms with Gasteiger partial charge in [0, 0.05) is 11.5 Å². The van der Waals surface area contributed by atoms with Crippen LogP contribution in [0, 0.1) is 11.7 Å². The molecule has 0 aliphatic heterocycles. The lowest BCUT2D eigenvalue weighted by Gasteiger charge is -2.06. The molecule has 0 amide bonds. The lowest BCUT2D eigenvalue weighted by atomic mass is 10.2. The Labute approximate surface area is 92.2 Å². The Kier molecular flexibility index (Phi) is 2.99. The molecule has 0 unspecified atom stereocenters. The molecule has 0 spiro atoms. The van der Waals surface area contributed by atoms with Crippen LogP contribution >= 0.6 is 0 Å². The van der Waals surface area contributed by atoms with Crippen molar-refractivity contribution in [3.8, 4) is 5.75 Å². The first-order valence-electron chi connectivity index (χ1n) is 5.11. The number of hydrogen-bond donors (Lipinski definition) is 0. The van der Waals surface area contributed by atoms with E-state index in [1.54, 1.807) is 0 Å². The molecule has 1 aromatic rings. The minimum absolute atomic E-state index is 0.0128. The standard InChI is InChI=1S/C12H11FO3/c13-10-5-8(6-14)1-4-12(10)16-7-11(15)9-2-3-9/h1,4-6,9H,2-3,7H2. The molecule has 1 fully saturated rings. The molecule has 1 aromatic carbocycles. The Balaban J connectivity index is 1.98. The van der Waals surface area contributed by atoms with Crippen molar-refractivity contribution in [1.29, 1.82) is 0 Å². The van der Waals surface area contributed by atoms with Crippen molar-refractivity contribution in [1.82, 2.24) is 0 Å². The summed E-state index contributed by atoms with van der Waals surface area (Å²) in [5, 5.41) is 0. The normalized spacial score (nSPS) is 14.6. The van der Waals surface area contributed by atoms with E-state index in [2.05, 4.69) is 0 Å². The quantitative estimate of drug-likeness (QED) is 0.715. The summed E-state index contributed by atoms with van der Waals surface area (Å²) < 4.78 is 18.4. The van der Waals surface area contributed by atoms with Gasteiger partial charge in [-0.05, 0) is 31.0 Å². The number of carbonyl (C=O) groups is 2. The number of halogens is 1. The molecule has 0 N–H and O–H groups in total. The van der Waals surface area contributed by atoms with E-state index in [0.29, 0.717) is 6.29 Å².